The third kappa shape index (κ3) is 3.41. The number of piperidine rings is 1. The molecule has 5 heteroatoms. The Labute approximate surface area is 114 Å². The van der Waals surface area contributed by atoms with Crippen molar-refractivity contribution in [2.24, 2.45) is 0 Å². The lowest BCUT2D eigenvalue weighted by Crippen LogP contribution is -2.51. The first-order valence-corrected chi connectivity index (χ1v) is 6.80. The Morgan fingerprint density at radius 2 is 2.32 bits per heavy atom. The van der Waals surface area contributed by atoms with E-state index in [0.29, 0.717) is 18.8 Å². The van der Waals surface area contributed by atoms with Crippen LogP contribution in [-0.2, 0) is 9.47 Å². The maximum atomic E-state index is 12.1. The Morgan fingerprint density at radius 3 is 2.89 bits per heavy atom. The second-order valence-corrected chi connectivity index (χ2v) is 6.32. The number of amides is 1. The van der Waals surface area contributed by atoms with Crippen LogP contribution in [0.1, 0.15) is 40.0 Å². The second-order valence-electron chi connectivity index (χ2n) is 6.32. The minimum atomic E-state index is -0.479. The maximum absolute atomic E-state index is 12.1. The molecule has 1 atom stereocenters. The summed E-state index contributed by atoms with van der Waals surface area (Å²) in [5.74, 6) is 0.617. The Hall–Kier alpha value is -1.23. The van der Waals surface area contributed by atoms with Gasteiger partial charge in [0.15, 0.2) is 0 Å². The van der Waals surface area contributed by atoms with Gasteiger partial charge in [-0.15, -0.1) is 0 Å². The number of nitrogens with zero attached hydrogens (tertiary/aromatic N) is 1. The highest BCUT2D eigenvalue weighted by Crippen LogP contribution is 2.36. The van der Waals surface area contributed by atoms with Crippen molar-refractivity contribution in [3.63, 3.8) is 0 Å². The molecule has 0 bridgehead atoms. The average molecular weight is 269 g/mol. The lowest BCUT2D eigenvalue weighted by Gasteiger charge is -2.40. The van der Waals surface area contributed by atoms with Crippen molar-refractivity contribution in [3.05, 3.63) is 11.8 Å². The van der Waals surface area contributed by atoms with Crippen molar-refractivity contribution in [2.45, 2.75) is 51.2 Å². The maximum Gasteiger partial charge on any atom is 0.410 e. The van der Waals surface area contributed by atoms with Gasteiger partial charge in [-0.1, -0.05) is 0 Å². The van der Waals surface area contributed by atoms with E-state index in [1.165, 1.54) is 0 Å². The van der Waals surface area contributed by atoms with E-state index < -0.39 is 5.60 Å². The van der Waals surface area contributed by atoms with Gasteiger partial charge >= 0.3 is 6.09 Å². The number of likely N-dealkylation sites (tertiary alicyclic amines) is 1. The highest BCUT2D eigenvalue weighted by atomic mass is 16.6. The highest BCUT2D eigenvalue weighted by molar-refractivity contribution is 5.68. The summed E-state index contributed by atoms with van der Waals surface area (Å²) in [6.07, 6.45) is 4.19. The SMILES string of the molecule is CC(C)(C)OC(=O)N1CCCC2(CC=C(CO)O2)C1. The van der Waals surface area contributed by atoms with Crippen molar-refractivity contribution in [1.82, 2.24) is 4.90 Å². The first kappa shape index (κ1) is 14.2. The predicted molar refractivity (Wildman–Crippen MR) is 70.6 cm³/mol. The molecule has 1 unspecified atom stereocenters. The number of hydrogen-bond acceptors (Lipinski definition) is 4. The van der Waals surface area contributed by atoms with E-state index in [-0.39, 0.29) is 18.3 Å². The van der Waals surface area contributed by atoms with Crippen LogP contribution in [0.4, 0.5) is 4.79 Å². The molecule has 5 nitrogen and oxygen atoms in total. The fourth-order valence-corrected chi connectivity index (χ4v) is 2.59. The lowest BCUT2D eigenvalue weighted by atomic mass is 9.90. The summed E-state index contributed by atoms with van der Waals surface area (Å²) in [7, 11) is 0. The lowest BCUT2D eigenvalue weighted by molar-refractivity contribution is -0.0520. The Kier molecular flexibility index (Phi) is 3.76. The van der Waals surface area contributed by atoms with Gasteiger partial charge in [0, 0.05) is 13.0 Å². The molecule has 0 saturated carbocycles. The van der Waals surface area contributed by atoms with Crippen molar-refractivity contribution in [3.8, 4) is 0 Å². The van der Waals surface area contributed by atoms with Crippen LogP contribution < -0.4 is 0 Å². The largest absolute Gasteiger partial charge is 0.487 e. The normalized spacial score (nSPS) is 27.2. The number of ether oxygens (including phenoxy) is 2. The summed E-state index contributed by atoms with van der Waals surface area (Å²) < 4.78 is 11.2. The predicted octanol–water partition coefficient (Wildman–Crippen LogP) is 2.05. The molecule has 1 N–H and O–H groups in total. The number of hydrogen-bond donors (Lipinski definition) is 1. The highest BCUT2D eigenvalue weighted by Gasteiger charge is 2.42. The van der Waals surface area contributed by atoms with E-state index in [1.807, 2.05) is 26.8 Å². The zero-order chi connectivity index (χ0) is 14.1. The van der Waals surface area contributed by atoms with E-state index in [1.54, 1.807) is 4.90 Å². The third-order valence-electron chi connectivity index (χ3n) is 3.40. The third-order valence-corrected chi connectivity index (χ3v) is 3.40. The average Bonchev–Trinajstić information content (AvgIpc) is 2.70. The Bertz CT molecular complexity index is 385. The molecule has 1 saturated heterocycles. The Balaban J connectivity index is 1.97. The van der Waals surface area contributed by atoms with Gasteiger partial charge in [-0.25, -0.2) is 4.79 Å². The molecule has 2 aliphatic rings. The molecule has 2 rings (SSSR count). The fourth-order valence-electron chi connectivity index (χ4n) is 2.59. The molecule has 19 heavy (non-hydrogen) atoms. The summed E-state index contributed by atoms with van der Waals surface area (Å²) in [5, 5.41) is 9.11. The summed E-state index contributed by atoms with van der Waals surface area (Å²) in [6.45, 7) is 6.75. The van der Waals surface area contributed by atoms with Crippen molar-refractivity contribution >= 4 is 6.09 Å². The van der Waals surface area contributed by atoms with Crippen LogP contribution in [0, 0.1) is 0 Å². The molecular weight excluding hydrogens is 246 g/mol. The van der Waals surface area contributed by atoms with Gasteiger partial charge in [-0.2, -0.15) is 0 Å². The van der Waals surface area contributed by atoms with Crippen molar-refractivity contribution < 1.29 is 19.4 Å². The standard InChI is InChI=1S/C14H23NO4/c1-13(2,3)19-12(17)15-8-4-6-14(10-15)7-5-11(9-16)18-14/h5,16H,4,6-10H2,1-3H3. The summed E-state index contributed by atoms with van der Waals surface area (Å²) in [6, 6.07) is 0. The first-order valence-electron chi connectivity index (χ1n) is 6.80. The zero-order valence-corrected chi connectivity index (χ0v) is 11.9. The smallest absolute Gasteiger partial charge is 0.410 e. The van der Waals surface area contributed by atoms with Gasteiger partial charge < -0.3 is 19.5 Å². The summed E-state index contributed by atoms with van der Waals surface area (Å²) in [5.41, 5.74) is -0.833. The van der Waals surface area contributed by atoms with Crippen LogP contribution in [0.3, 0.4) is 0 Å². The van der Waals surface area contributed by atoms with E-state index in [0.717, 1.165) is 19.3 Å². The minimum Gasteiger partial charge on any atom is -0.487 e. The van der Waals surface area contributed by atoms with Gasteiger partial charge in [-0.05, 0) is 39.7 Å². The van der Waals surface area contributed by atoms with Crippen LogP contribution in [-0.4, -0.2) is 47.0 Å². The van der Waals surface area contributed by atoms with Crippen LogP contribution in [0.25, 0.3) is 0 Å². The topological polar surface area (TPSA) is 59.0 Å². The first-order chi connectivity index (χ1) is 8.84. The molecular formula is C14H23NO4. The molecule has 1 fully saturated rings. The number of rotatable bonds is 1. The zero-order valence-electron chi connectivity index (χ0n) is 11.9. The van der Waals surface area contributed by atoms with E-state index >= 15 is 0 Å². The van der Waals surface area contributed by atoms with Crippen LogP contribution in [0.5, 0.6) is 0 Å². The number of carbonyl (C=O) groups is 1. The van der Waals surface area contributed by atoms with E-state index in [4.69, 9.17) is 14.6 Å². The molecule has 0 aromatic heterocycles. The van der Waals surface area contributed by atoms with Crippen LogP contribution >= 0.6 is 0 Å². The van der Waals surface area contributed by atoms with Crippen LogP contribution in [0.2, 0.25) is 0 Å². The quantitative estimate of drug-likeness (QED) is 0.791. The van der Waals surface area contributed by atoms with Gasteiger partial charge in [0.25, 0.3) is 0 Å². The van der Waals surface area contributed by atoms with Gasteiger partial charge in [-0.3, -0.25) is 0 Å². The van der Waals surface area contributed by atoms with Gasteiger partial charge in [0.05, 0.1) is 6.54 Å². The Morgan fingerprint density at radius 1 is 1.58 bits per heavy atom. The minimum absolute atomic E-state index is 0.0752. The summed E-state index contributed by atoms with van der Waals surface area (Å²) >= 11 is 0. The molecule has 1 amide bonds. The van der Waals surface area contributed by atoms with Crippen molar-refractivity contribution in [2.75, 3.05) is 19.7 Å². The number of aliphatic hydroxyl groups is 1. The van der Waals surface area contributed by atoms with E-state index in [9.17, 15) is 4.79 Å². The molecule has 0 aromatic carbocycles. The molecule has 108 valence electrons. The van der Waals surface area contributed by atoms with Gasteiger partial charge in [0.1, 0.15) is 23.6 Å². The van der Waals surface area contributed by atoms with E-state index in [2.05, 4.69) is 0 Å². The molecule has 2 heterocycles. The fraction of sp³-hybridized carbons (Fsp3) is 0.786. The summed E-state index contributed by atoms with van der Waals surface area (Å²) in [4.78, 5) is 13.8. The number of carbonyl (C=O) groups excluding carboxylic acids is 1. The second kappa shape index (κ2) is 5.04. The molecule has 0 aromatic rings. The number of aliphatic hydroxyl groups excluding tert-OH is 1. The molecule has 2 aliphatic heterocycles. The monoisotopic (exact) mass is 269 g/mol. The molecule has 0 aliphatic carbocycles. The van der Waals surface area contributed by atoms with Gasteiger partial charge in [0.2, 0.25) is 0 Å². The molecule has 0 radical (unpaired) electrons. The van der Waals surface area contributed by atoms with Crippen LogP contribution in [0.15, 0.2) is 11.8 Å². The molecule has 1 spiro atoms. The van der Waals surface area contributed by atoms with Crippen molar-refractivity contribution in [1.29, 1.82) is 0 Å².